The molecular formula is C25H49N3O2. The van der Waals surface area contributed by atoms with Crippen molar-refractivity contribution in [3.05, 3.63) is 18.7 Å². The van der Waals surface area contributed by atoms with Crippen molar-refractivity contribution in [1.82, 2.24) is 4.57 Å². The van der Waals surface area contributed by atoms with E-state index in [2.05, 4.69) is 41.7 Å². The highest BCUT2D eigenvalue weighted by atomic mass is 16.4. The molecule has 1 rings (SSSR count). The first-order valence-corrected chi connectivity index (χ1v) is 12.4. The molecule has 0 unspecified atom stereocenters. The van der Waals surface area contributed by atoms with Gasteiger partial charge in [0.15, 0.2) is 0 Å². The first kappa shape index (κ1) is 28.6. The number of rotatable bonds is 17. The fraction of sp³-hybridized carbons (Fsp3) is 0.840. The van der Waals surface area contributed by atoms with Crippen LogP contribution in [0.3, 0.4) is 0 Å². The third-order valence-corrected chi connectivity index (χ3v) is 5.31. The molecule has 0 aliphatic carbocycles. The molecule has 0 amide bonds. The maximum Gasteiger partial charge on any atom is 0.243 e. The van der Waals surface area contributed by atoms with Crippen LogP contribution in [0.2, 0.25) is 0 Å². The number of nitrogens with two attached hydrogens (primary N) is 1. The third kappa shape index (κ3) is 17.5. The zero-order valence-electron chi connectivity index (χ0n) is 20.3. The van der Waals surface area contributed by atoms with Gasteiger partial charge in [0.25, 0.3) is 0 Å². The predicted molar refractivity (Wildman–Crippen MR) is 124 cm³/mol. The Labute approximate surface area is 186 Å². The predicted octanol–water partition coefficient (Wildman–Crippen LogP) is 4.61. The molecule has 0 aliphatic rings. The number of aliphatic carboxylic acids is 1. The topological polar surface area (TPSA) is 75.0 Å². The van der Waals surface area contributed by atoms with Gasteiger partial charge in [0, 0.05) is 6.04 Å². The zero-order valence-corrected chi connectivity index (χ0v) is 20.3. The second kappa shape index (κ2) is 19.6. The molecule has 5 nitrogen and oxygen atoms in total. The molecule has 1 heterocycles. The van der Waals surface area contributed by atoms with Crippen molar-refractivity contribution in [2.24, 2.45) is 11.7 Å². The summed E-state index contributed by atoms with van der Waals surface area (Å²) in [7, 11) is 0. The van der Waals surface area contributed by atoms with Gasteiger partial charge in [-0.2, -0.15) is 0 Å². The molecule has 1 aromatic heterocycles. The number of carboxylic acid groups (broad SMARTS) is 1. The third-order valence-electron chi connectivity index (χ3n) is 5.31. The van der Waals surface area contributed by atoms with E-state index in [1.807, 2.05) is 13.8 Å². The molecule has 0 spiro atoms. The van der Waals surface area contributed by atoms with Crippen molar-refractivity contribution in [2.45, 2.75) is 130 Å². The van der Waals surface area contributed by atoms with Gasteiger partial charge in [0.05, 0.1) is 19.1 Å². The van der Waals surface area contributed by atoms with Crippen LogP contribution in [0.1, 0.15) is 111 Å². The van der Waals surface area contributed by atoms with Crippen molar-refractivity contribution in [1.29, 1.82) is 0 Å². The van der Waals surface area contributed by atoms with Gasteiger partial charge in [-0.1, -0.05) is 79.1 Å². The summed E-state index contributed by atoms with van der Waals surface area (Å²) in [4.78, 5) is 10.00. The minimum atomic E-state index is -1.16. The minimum absolute atomic E-state index is 0.317. The zero-order chi connectivity index (χ0) is 22.6. The summed E-state index contributed by atoms with van der Waals surface area (Å²) < 4.78 is 4.72. The molecule has 30 heavy (non-hydrogen) atoms. The van der Waals surface area contributed by atoms with Crippen LogP contribution in [0, 0.1) is 5.92 Å². The van der Waals surface area contributed by atoms with E-state index in [4.69, 9.17) is 5.73 Å². The largest absolute Gasteiger partial charge is 0.548 e. The summed E-state index contributed by atoms with van der Waals surface area (Å²) in [5.74, 6) is -0.846. The van der Waals surface area contributed by atoms with E-state index in [1.54, 1.807) is 0 Å². The number of aryl methyl sites for hydroxylation is 2. The van der Waals surface area contributed by atoms with E-state index in [-0.39, 0.29) is 0 Å². The Kier molecular flexibility index (Phi) is 18.7. The fourth-order valence-electron chi connectivity index (χ4n) is 3.46. The van der Waals surface area contributed by atoms with Crippen LogP contribution in [0.4, 0.5) is 0 Å². The van der Waals surface area contributed by atoms with E-state index in [0.717, 1.165) is 0 Å². The molecule has 0 saturated carbocycles. The van der Waals surface area contributed by atoms with Crippen molar-refractivity contribution >= 4 is 5.97 Å². The summed E-state index contributed by atoms with van der Waals surface area (Å²) in [6, 6.07) is -0.801. The van der Waals surface area contributed by atoms with Crippen LogP contribution in [-0.4, -0.2) is 16.6 Å². The van der Waals surface area contributed by atoms with Gasteiger partial charge in [-0.05, 0) is 38.0 Å². The number of hydrogen-bond acceptors (Lipinski definition) is 3. The van der Waals surface area contributed by atoms with Crippen LogP contribution >= 0.6 is 0 Å². The van der Waals surface area contributed by atoms with Crippen LogP contribution in [0.15, 0.2) is 18.7 Å². The maximum atomic E-state index is 10.00. The Bertz CT molecular complexity index is 484. The lowest BCUT2D eigenvalue weighted by molar-refractivity contribution is -0.696. The Morgan fingerprint density at radius 3 is 1.97 bits per heavy atom. The van der Waals surface area contributed by atoms with Crippen molar-refractivity contribution < 1.29 is 14.5 Å². The molecule has 1 aromatic rings. The number of carboxylic acids is 1. The quantitative estimate of drug-likeness (QED) is 0.294. The average molecular weight is 424 g/mol. The first-order valence-electron chi connectivity index (χ1n) is 12.4. The SMILES string of the molecule is CC(C)C[C@H](N)C(=O)[O-].CCCCCCCCn1cc[n+](CCCCCCCC)c1. The summed E-state index contributed by atoms with van der Waals surface area (Å²) in [6.07, 6.45) is 23.8. The highest BCUT2D eigenvalue weighted by Crippen LogP contribution is 2.07. The van der Waals surface area contributed by atoms with Gasteiger partial charge in [-0.25, -0.2) is 9.13 Å². The second-order valence-electron chi connectivity index (χ2n) is 8.98. The molecule has 0 fully saturated rings. The highest BCUT2D eigenvalue weighted by Gasteiger charge is 2.05. The monoisotopic (exact) mass is 423 g/mol. The summed E-state index contributed by atoms with van der Waals surface area (Å²) in [5.41, 5.74) is 5.16. The lowest BCUT2D eigenvalue weighted by Gasteiger charge is -2.13. The van der Waals surface area contributed by atoms with E-state index in [1.165, 1.54) is 90.1 Å². The van der Waals surface area contributed by atoms with Gasteiger partial charge in [-0.15, -0.1) is 0 Å². The molecule has 0 radical (unpaired) electrons. The molecule has 2 N–H and O–H groups in total. The minimum Gasteiger partial charge on any atom is -0.548 e. The Hall–Kier alpha value is -1.36. The molecule has 0 bridgehead atoms. The van der Waals surface area contributed by atoms with Crippen LogP contribution in [0.5, 0.6) is 0 Å². The van der Waals surface area contributed by atoms with Crippen molar-refractivity contribution in [3.8, 4) is 0 Å². The number of carbonyl (C=O) groups is 1. The summed E-state index contributed by atoms with van der Waals surface area (Å²) >= 11 is 0. The van der Waals surface area contributed by atoms with Gasteiger partial charge in [0.1, 0.15) is 12.4 Å². The molecule has 5 heteroatoms. The Morgan fingerprint density at radius 1 is 0.933 bits per heavy atom. The highest BCUT2D eigenvalue weighted by molar-refractivity contribution is 5.70. The summed E-state index contributed by atoms with van der Waals surface area (Å²) in [5, 5.41) is 10.00. The lowest BCUT2D eigenvalue weighted by atomic mass is 10.1. The number of imidazole rings is 1. The van der Waals surface area contributed by atoms with E-state index >= 15 is 0 Å². The number of hydrogen-bond donors (Lipinski definition) is 1. The van der Waals surface area contributed by atoms with Gasteiger partial charge in [-0.3, -0.25) is 0 Å². The molecule has 0 aliphatic heterocycles. The Morgan fingerprint density at radius 2 is 1.47 bits per heavy atom. The number of aromatic nitrogens is 2. The van der Waals surface area contributed by atoms with Crippen LogP contribution in [-0.2, 0) is 17.9 Å². The molecule has 0 aromatic carbocycles. The maximum absolute atomic E-state index is 10.00. The smallest absolute Gasteiger partial charge is 0.243 e. The van der Waals surface area contributed by atoms with E-state index in [9.17, 15) is 9.90 Å². The fourth-order valence-corrected chi connectivity index (χ4v) is 3.46. The van der Waals surface area contributed by atoms with E-state index in [0.29, 0.717) is 12.3 Å². The first-order chi connectivity index (χ1) is 14.4. The second-order valence-corrected chi connectivity index (χ2v) is 8.98. The number of carbonyl (C=O) groups excluding carboxylic acids is 1. The van der Waals surface area contributed by atoms with Gasteiger partial charge < -0.3 is 15.6 Å². The standard InChI is InChI=1S/C19H37N2.C6H13NO2/c1-3-5-7-9-11-13-15-20-17-18-21(19-20)16-14-12-10-8-6-4-2;1-4(2)3-5(7)6(8)9/h17-19H,3-16H2,1-2H3;4-5H,3,7H2,1-2H3,(H,8,9)/q+1;/p-1/t;5-/m.0/s1. The Balaban J connectivity index is 0.000000787. The van der Waals surface area contributed by atoms with Crippen LogP contribution < -0.4 is 15.4 Å². The molecule has 1 atom stereocenters. The van der Waals surface area contributed by atoms with E-state index < -0.39 is 12.0 Å². The average Bonchev–Trinajstić information content (AvgIpc) is 3.15. The number of nitrogens with zero attached hydrogens (tertiary/aromatic N) is 2. The normalized spacial score (nSPS) is 11.9. The molecule has 0 saturated heterocycles. The van der Waals surface area contributed by atoms with Crippen molar-refractivity contribution in [3.63, 3.8) is 0 Å². The van der Waals surface area contributed by atoms with Gasteiger partial charge in [0.2, 0.25) is 6.33 Å². The lowest BCUT2D eigenvalue weighted by Crippen LogP contribution is -2.42. The summed E-state index contributed by atoms with van der Waals surface area (Å²) in [6.45, 7) is 10.8. The van der Waals surface area contributed by atoms with Crippen LogP contribution in [0.25, 0.3) is 0 Å². The van der Waals surface area contributed by atoms with Gasteiger partial charge >= 0.3 is 0 Å². The number of unbranched alkanes of at least 4 members (excludes halogenated alkanes) is 10. The molecule has 176 valence electrons. The molecular weight excluding hydrogens is 374 g/mol. The van der Waals surface area contributed by atoms with Crippen molar-refractivity contribution in [2.75, 3.05) is 0 Å².